The van der Waals surface area contributed by atoms with Crippen LogP contribution in [0.5, 0.6) is 0 Å². The van der Waals surface area contributed by atoms with Crippen molar-refractivity contribution in [2.45, 2.75) is 26.2 Å². The molecule has 20 heavy (non-hydrogen) atoms. The number of nitrogens with zero attached hydrogens (tertiary/aromatic N) is 1. The summed E-state index contributed by atoms with van der Waals surface area (Å²) < 4.78 is 0.884. The Morgan fingerprint density at radius 2 is 2.00 bits per heavy atom. The second-order valence-corrected chi connectivity index (χ2v) is 5.66. The van der Waals surface area contributed by atoms with Gasteiger partial charge in [0.15, 0.2) is 0 Å². The standard InChI is InChI=1S/C16H17BrN2O/c1-3-11(2)12-4-6-13(7-5-12)16(20)19-15-10-14(17)8-9-18-15/h4-11H,3H2,1-2H3,(H,18,19,20). The Kier molecular flexibility index (Phi) is 4.90. The smallest absolute Gasteiger partial charge is 0.256 e. The molecule has 1 amide bonds. The van der Waals surface area contributed by atoms with E-state index in [1.807, 2.05) is 30.3 Å². The average Bonchev–Trinajstić information content (AvgIpc) is 2.46. The van der Waals surface area contributed by atoms with E-state index in [4.69, 9.17) is 0 Å². The highest BCUT2D eigenvalue weighted by atomic mass is 79.9. The van der Waals surface area contributed by atoms with E-state index in [-0.39, 0.29) is 5.91 Å². The van der Waals surface area contributed by atoms with Crippen molar-refractivity contribution >= 4 is 27.7 Å². The summed E-state index contributed by atoms with van der Waals surface area (Å²) in [6.45, 7) is 4.34. The van der Waals surface area contributed by atoms with Gasteiger partial charge in [0.2, 0.25) is 0 Å². The molecule has 0 aliphatic heterocycles. The first-order valence-electron chi connectivity index (χ1n) is 6.63. The van der Waals surface area contributed by atoms with Crippen LogP contribution in [0.4, 0.5) is 5.82 Å². The first kappa shape index (κ1) is 14.7. The monoisotopic (exact) mass is 332 g/mol. The summed E-state index contributed by atoms with van der Waals surface area (Å²) in [6, 6.07) is 11.3. The molecule has 0 saturated heterocycles. The number of carbonyl (C=O) groups excluding carboxylic acids is 1. The zero-order chi connectivity index (χ0) is 14.5. The quantitative estimate of drug-likeness (QED) is 0.888. The third-order valence-corrected chi connectivity index (χ3v) is 3.81. The van der Waals surface area contributed by atoms with Gasteiger partial charge in [-0.15, -0.1) is 0 Å². The van der Waals surface area contributed by atoms with Gasteiger partial charge in [-0.2, -0.15) is 0 Å². The highest BCUT2D eigenvalue weighted by Crippen LogP contribution is 2.19. The molecular formula is C16H17BrN2O. The zero-order valence-electron chi connectivity index (χ0n) is 11.6. The van der Waals surface area contributed by atoms with E-state index in [1.165, 1.54) is 5.56 Å². The summed E-state index contributed by atoms with van der Waals surface area (Å²) >= 11 is 3.35. The maximum Gasteiger partial charge on any atom is 0.256 e. The molecule has 1 heterocycles. The van der Waals surface area contributed by atoms with Gasteiger partial charge in [0.1, 0.15) is 5.82 Å². The fourth-order valence-corrected chi connectivity index (χ4v) is 2.20. The minimum Gasteiger partial charge on any atom is -0.307 e. The van der Waals surface area contributed by atoms with E-state index in [1.54, 1.807) is 12.3 Å². The highest BCUT2D eigenvalue weighted by Gasteiger charge is 2.08. The number of pyridine rings is 1. The van der Waals surface area contributed by atoms with Crippen LogP contribution >= 0.6 is 15.9 Å². The number of anilines is 1. The fourth-order valence-electron chi connectivity index (χ4n) is 1.86. The number of hydrogen-bond donors (Lipinski definition) is 1. The maximum atomic E-state index is 12.1. The molecule has 0 saturated carbocycles. The van der Waals surface area contributed by atoms with E-state index in [2.05, 4.69) is 40.1 Å². The van der Waals surface area contributed by atoms with Crippen LogP contribution in [0.25, 0.3) is 0 Å². The van der Waals surface area contributed by atoms with Crippen LogP contribution < -0.4 is 5.32 Å². The Labute approximate surface area is 127 Å². The maximum absolute atomic E-state index is 12.1. The van der Waals surface area contributed by atoms with Gasteiger partial charge in [0.25, 0.3) is 5.91 Å². The SMILES string of the molecule is CCC(C)c1ccc(C(=O)Nc2cc(Br)ccn2)cc1. The minimum absolute atomic E-state index is 0.147. The van der Waals surface area contributed by atoms with Crippen LogP contribution in [0.3, 0.4) is 0 Å². The van der Waals surface area contributed by atoms with E-state index in [0.29, 0.717) is 17.3 Å². The van der Waals surface area contributed by atoms with E-state index in [0.717, 1.165) is 10.9 Å². The second-order valence-electron chi connectivity index (χ2n) is 4.74. The van der Waals surface area contributed by atoms with Crippen molar-refractivity contribution in [2.24, 2.45) is 0 Å². The van der Waals surface area contributed by atoms with Crippen LogP contribution in [-0.4, -0.2) is 10.9 Å². The van der Waals surface area contributed by atoms with Crippen LogP contribution in [0, 0.1) is 0 Å². The molecule has 1 aromatic heterocycles. The normalized spacial score (nSPS) is 11.9. The number of benzene rings is 1. The van der Waals surface area contributed by atoms with Crippen LogP contribution in [0.15, 0.2) is 47.1 Å². The summed E-state index contributed by atoms with van der Waals surface area (Å²) in [6.07, 6.45) is 2.74. The molecule has 0 bridgehead atoms. The number of amides is 1. The lowest BCUT2D eigenvalue weighted by Crippen LogP contribution is -2.12. The molecular weight excluding hydrogens is 316 g/mol. The predicted octanol–water partition coefficient (Wildman–Crippen LogP) is 4.61. The lowest BCUT2D eigenvalue weighted by molar-refractivity contribution is 0.102. The first-order valence-corrected chi connectivity index (χ1v) is 7.42. The van der Waals surface area contributed by atoms with Gasteiger partial charge in [0, 0.05) is 16.2 Å². The summed E-state index contributed by atoms with van der Waals surface area (Å²) in [5.41, 5.74) is 1.89. The first-order chi connectivity index (χ1) is 9.60. The Morgan fingerprint density at radius 3 is 2.60 bits per heavy atom. The molecule has 0 fully saturated rings. The highest BCUT2D eigenvalue weighted by molar-refractivity contribution is 9.10. The molecule has 4 heteroatoms. The number of nitrogens with one attached hydrogen (secondary N) is 1. The number of halogens is 1. The average molecular weight is 333 g/mol. The third kappa shape index (κ3) is 3.67. The summed E-state index contributed by atoms with van der Waals surface area (Å²) in [5, 5.41) is 2.78. The zero-order valence-corrected chi connectivity index (χ0v) is 13.1. The number of hydrogen-bond acceptors (Lipinski definition) is 2. The van der Waals surface area contributed by atoms with Gasteiger partial charge in [-0.05, 0) is 42.2 Å². The van der Waals surface area contributed by atoms with Crippen molar-refractivity contribution in [1.29, 1.82) is 0 Å². The molecule has 1 unspecified atom stereocenters. The van der Waals surface area contributed by atoms with Gasteiger partial charge in [-0.3, -0.25) is 4.79 Å². The van der Waals surface area contributed by atoms with Crippen LogP contribution in [0.2, 0.25) is 0 Å². The molecule has 1 N–H and O–H groups in total. The summed E-state index contributed by atoms with van der Waals surface area (Å²) in [4.78, 5) is 16.2. The molecule has 104 valence electrons. The molecule has 2 rings (SSSR count). The van der Waals surface area contributed by atoms with Gasteiger partial charge in [0.05, 0.1) is 0 Å². The molecule has 2 aromatic rings. The number of carbonyl (C=O) groups is 1. The van der Waals surface area contributed by atoms with Crippen molar-refractivity contribution in [3.8, 4) is 0 Å². The van der Waals surface area contributed by atoms with Crippen molar-refractivity contribution in [2.75, 3.05) is 5.32 Å². The molecule has 0 aliphatic carbocycles. The van der Waals surface area contributed by atoms with E-state index >= 15 is 0 Å². The number of aromatic nitrogens is 1. The van der Waals surface area contributed by atoms with Crippen molar-refractivity contribution < 1.29 is 4.79 Å². The number of rotatable bonds is 4. The third-order valence-electron chi connectivity index (χ3n) is 3.32. The Morgan fingerprint density at radius 1 is 1.30 bits per heavy atom. The van der Waals surface area contributed by atoms with Gasteiger partial charge >= 0.3 is 0 Å². The molecule has 0 aliphatic rings. The molecule has 3 nitrogen and oxygen atoms in total. The molecule has 1 aromatic carbocycles. The predicted molar refractivity (Wildman–Crippen MR) is 85.0 cm³/mol. The van der Waals surface area contributed by atoms with Crippen molar-refractivity contribution in [1.82, 2.24) is 4.98 Å². The molecule has 0 spiro atoms. The molecule has 1 atom stereocenters. The van der Waals surface area contributed by atoms with Crippen molar-refractivity contribution in [3.63, 3.8) is 0 Å². The topological polar surface area (TPSA) is 42.0 Å². The van der Waals surface area contributed by atoms with Crippen LogP contribution in [-0.2, 0) is 0 Å². The van der Waals surface area contributed by atoms with E-state index in [9.17, 15) is 4.79 Å². The van der Waals surface area contributed by atoms with Gasteiger partial charge in [-0.25, -0.2) is 4.98 Å². The molecule has 0 radical (unpaired) electrons. The van der Waals surface area contributed by atoms with Crippen molar-refractivity contribution in [3.05, 3.63) is 58.2 Å². The lowest BCUT2D eigenvalue weighted by Gasteiger charge is -2.10. The van der Waals surface area contributed by atoms with Gasteiger partial charge < -0.3 is 5.32 Å². The minimum atomic E-state index is -0.147. The summed E-state index contributed by atoms with van der Waals surface area (Å²) in [5.74, 6) is 0.903. The Hall–Kier alpha value is -1.68. The Bertz CT molecular complexity index is 596. The van der Waals surface area contributed by atoms with Gasteiger partial charge in [-0.1, -0.05) is 41.9 Å². The van der Waals surface area contributed by atoms with E-state index < -0.39 is 0 Å². The lowest BCUT2D eigenvalue weighted by atomic mass is 9.97. The largest absolute Gasteiger partial charge is 0.307 e. The fraction of sp³-hybridized carbons (Fsp3) is 0.250. The Balaban J connectivity index is 2.09. The second kappa shape index (κ2) is 6.66. The summed E-state index contributed by atoms with van der Waals surface area (Å²) in [7, 11) is 0. The van der Waals surface area contributed by atoms with Crippen LogP contribution in [0.1, 0.15) is 42.1 Å².